The van der Waals surface area contributed by atoms with Gasteiger partial charge in [-0.3, -0.25) is 4.79 Å². The number of likely N-dealkylation sites (tertiary alicyclic amines) is 1. The van der Waals surface area contributed by atoms with Crippen LogP contribution in [-0.4, -0.2) is 61.6 Å². The molecule has 1 unspecified atom stereocenters. The number of nitrogens with zero attached hydrogens (tertiary/aromatic N) is 2. The van der Waals surface area contributed by atoms with E-state index in [0.29, 0.717) is 5.56 Å². The summed E-state index contributed by atoms with van der Waals surface area (Å²) < 4.78 is 11.2. The van der Waals surface area contributed by atoms with Crippen LogP contribution in [0.2, 0.25) is 0 Å². The lowest BCUT2D eigenvalue weighted by atomic mass is 9.78. The predicted octanol–water partition coefficient (Wildman–Crippen LogP) is 2.63. The van der Waals surface area contributed by atoms with Crippen molar-refractivity contribution in [2.24, 2.45) is 5.92 Å². The molecule has 0 radical (unpaired) electrons. The molecule has 2 saturated heterocycles. The highest BCUT2D eigenvalue weighted by Gasteiger charge is 2.41. The largest absolute Gasteiger partial charge is 0.472 e. The molecule has 0 saturated carbocycles. The molecule has 2 fully saturated rings. The van der Waals surface area contributed by atoms with Crippen molar-refractivity contribution in [1.82, 2.24) is 9.80 Å². The molecule has 2 aliphatic rings. The van der Waals surface area contributed by atoms with Crippen molar-refractivity contribution in [3.63, 3.8) is 0 Å². The summed E-state index contributed by atoms with van der Waals surface area (Å²) in [6.45, 7) is 3.58. The van der Waals surface area contributed by atoms with Crippen molar-refractivity contribution < 1.29 is 13.9 Å². The minimum atomic E-state index is 0.00239. The smallest absolute Gasteiger partial charge is 0.257 e. The van der Waals surface area contributed by atoms with Gasteiger partial charge in [0.2, 0.25) is 0 Å². The van der Waals surface area contributed by atoms with Crippen LogP contribution < -0.4 is 0 Å². The first kappa shape index (κ1) is 16.5. The SMILES string of the molecule is CN(C)CCC1CCOC2(CCN(C(=O)c3ccoc3)CC2)C1. The van der Waals surface area contributed by atoms with Crippen LogP contribution in [0.4, 0.5) is 0 Å². The van der Waals surface area contributed by atoms with Crippen LogP contribution in [0.15, 0.2) is 23.0 Å². The second kappa shape index (κ2) is 7.05. The average molecular weight is 320 g/mol. The molecule has 3 rings (SSSR count). The quantitative estimate of drug-likeness (QED) is 0.855. The second-order valence-corrected chi connectivity index (χ2v) is 7.29. The van der Waals surface area contributed by atoms with Crippen molar-refractivity contribution in [3.05, 3.63) is 24.2 Å². The lowest BCUT2D eigenvalue weighted by Gasteiger charge is -2.46. The summed E-state index contributed by atoms with van der Waals surface area (Å²) >= 11 is 0. The number of ether oxygens (including phenoxy) is 1. The van der Waals surface area contributed by atoms with Crippen LogP contribution in [0.25, 0.3) is 0 Å². The molecule has 1 spiro atoms. The molecule has 1 atom stereocenters. The van der Waals surface area contributed by atoms with E-state index in [9.17, 15) is 4.79 Å². The van der Waals surface area contributed by atoms with Crippen LogP contribution in [-0.2, 0) is 4.74 Å². The van der Waals surface area contributed by atoms with Crippen molar-refractivity contribution in [2.45, 2.75) is 37.7 Å². The van der Waals surface area contributed by atoms with Gasteiger partial charge < -0.3 is 19.0 Å². The third-order valence-corrected chi connectivity index (χ3v) is 5.31. The summed E-state index contributed by atoms with van der Waals surface area (Å²) in [5, 5.41) is 0. The Morgan fingerprint density at radius 1 is 1.39 bits per heavy atom. The monoisotopic (exact) mass is 320 g/mol. The second-order valence-electron chi connectivity index (χ2n) is 7.29. The van der Waals surface area contributed by atoms with Gasteiger partial charge in [-0.15, -0.1) is 0 Å². The van der Waals surface area contributed by atoms with Crippen LogP contribution in [0.5, 0.6) is 0 Å². The molecule has 0 aliphatic carbocycles. The zero-order valence-corrected chi connectivity index (χ0v) is 14.3. The van der Waals surface area contributed by atoms with E-state index in [4.69, 9.17) is 9.15 Å². The van der Waals surface area contributed by atoms with Crippen molar-refractivity contribution in [1.29, 1.82) is 0 Å². The molecule has 128 valence electrons. The number of amides is 1. The maximum atomic E-state index is 12.4. The third-order valence-electron chi connectivity index (χ3n) is 5.31. The fraction of sp³-hybridized carbons (Fsp3) is 0.722. The molecule has 2 aliphatic heterocycles. The molecule has 23 heavy (non-hydrogen) atoms. The van der Waals surface area contributed by atoms with Gasteiger partial charge in [0.25, 0.3) is 5.91 Å². The van der Waals surface area contributed by atoms with E-state index in [1.807, 2.05) is 4.90 Å². The minimum Gasteiger partial charge on any atom is -0.472 e. The first-order chi connectivity index (χ1) is 11.1. The lowest BCUT2D eigenvalue weighted by molar-refractivity contribution is -0.124. The topological polar surface area (TPSA) is 45.9 Å². The van der Waals surface area contributed by atoms with Crippen LogP contribution >= 0.6 is 0 Å². The van der Waals surface area contributed by atoms with Gasteiger partial charge in [0, 0.05) is 19.7 Å². The molecule has 1 amide bonds. The normalized spacial score (nSPS) is 24.3. The van der Waals surface area contributed by atoms with E-state index in [0.717, 1.165) is 51.4 Å². The fourth-order valence-electron chi connectivity index (χ4n) is 3.85. The number of hydrogen-bond acceptors (Lipinski definition) is 4. The Morgan fingerprint density at radius 3 is 2.83 bits per heavy atom. The van der Waals surface area contributed by atoms with Gasteiger partial charge in [-0.2, -0.15) is 0 Å². The molecule has 1 aromatic heterocycles. The highest BCUT2D eigenvalue weighted by atomic mass is 16.5. The Labute approximate surface area is 138 Å². The summed E-state index contributed by atoms with van der Waals surface area (Å²) in [6, 6.07) is 1.74. The number of furan rings is 1. The molecule has 0 bridgehead atoms. The van der Waals surface area contributed by atoms with Gasteiger partial charge in [-0.25, -0.2) is 0 Å². The first-order valence-electron chi connectivity index (χ1n) is 8.68. The first-order valence-corrected chi connectivity index (χ1v) is 8.68. The van der Waals surface area contributed by atoms with Crippen molar-refractivity contribution in [3.8, 4) is 0 Å². The summed E-state index contributed by atoms with van der Waals surface area (Å²) in [5.74, 6) is 0.829. The Balaban J connectivity index is 1.54. The molecule has 1 aromatic rings. The van der Waals surface area contributed by atoms with E-state index in [1.54, 1.807) is 12.3 Å². The number of carbonyl (C=O) groups excluding carboxylic acids is 1. The van der Waals surface area contributed by atoms with E-state index >= 15 is 0 Å². The van der Waals surface area contributed by atoms with Gasteiger partial charge in [-0.1, -0.05) is 0 Å². The Hall–Kier alpha value is -1.33. The van der Waals surface area contributed by atoms with Gasteiger partial charge in [0.15, 0.2) is 0 Å². The van der Waals surface area contributed by atoms with Gasteiger partial charge >= 0.3 is 0 Å². The molecular formula is C18H28N2O3. The maximum absolute atomic E-state index is 12.4. The molecule has 5 nitrogen and oxygen atoms in total. The number of piperidine rings is 1. The highest BCUT2D eigenvalue weighted by molar-refractivity contribution is 5.93. The predicted molar refractivity (Wildman–Crippen MR) is 88.4 cm³/mol. The standard InChI is InChI=1S/C18H28N2O3/c1-19(2)8-3-15-4-12-23-18(13-15)6-9-20(10-7-18)17(21)16-5-11-22-14-16/h5,11,14-15H,3-4,6-10,12-13H2,1-2H3. The molecule has 5 heteroatoms. The van der Waals surface area contributed by atoms with E-state index in [2.05, 4.69) is 19.0 Å². The molecule has 0 N–H and O–H groups in total. The van der Waals surface area contributed by atoms with Gasteiger partial charge in [0.1, 0.15) is 6.26 Å². The summed E-state index contributed by atoms with van der Waals surface area (Å²) in [7, 11) is 4.27. The number of carbonyl (C=O) groups is 1. The fourth-order valence-corrected chi connectivity index (χ4v) is 3.85. The Morgan fingerprint density at radius 2 is 2.17 bits per heavy atom. The highest BCUT2D eigenvalue weighted by Crippen LogP contribution is 2.39. The zero-order valence-electron chi connectivity index (χ0n) is 14.3. The van der Waals surface area contributed by atoms with E-state index in [1.165, 1.54) is 19.1 Å². The van der Waals surface area contributed by atoms with Gasteiger partial charge in [0.05, 0.1) is 17.4 Å². The third kappa shape index (κ3) is 3.96. The molecule has 0 aromatic carbocycles. The average Bonchev–Trinajstić information content (AvgIpc) is 3.08. The Kier molecular flexibility index (Phi) is 5.07. The van der Waals surface area contributed by atoms with Crippen molar-refractivity contribution >= 4 is 5.91 Å². The molecular weight excluding hydrogens is 292 g/mol. The summed E-state index contributed by atoms with van der Waals surface area (Å²) in [4.78, 5) is 16.6. The van der Waals surface area contributed by atoms with Gasteiger partial charge in [-0.05, 0) is 64.7 Å². The van der Waals surface area contributed by atoms with Crippen LogP contribution in [0.3, 0.4) is 0 Å². The summed E-state index contributed by atoms with van der Waals surface area (Å²) in [5.41, 5.74) is 0.650. The van der Waals surface area contributed by atoms with Crippen molar-refractivity contribution in [2.75, 3.05) is 40.3 Å². The molecule has 3 heterocycles. The lowest BCUT2D eigenvalue weighted by Crippen LogP contribution is -2.50. The zero-order chi connectivity index (χ0) is 16.3. The van der Waals surface area contributed by atoms with E-state index in [-0.39, 0.29) is 11.5 Å². The number of rotatable bonds is 4. The van der Waals surface area contributed by atoms with Crippen LogP contribution in [0.1, 0.15) is 42.5 Å². The van der Waals surface area contributed by atoms with E-state index < -0.39 is 0 Å². The Bertz CT molecular complexity index is 504. The maximum Gasteiger partial charge on any atom is 0.257 e. The minimum absolute atomic E-state index is 0.00239. The van der Waals surface area contributed by atoms with Crippen LogP contribution in [0, 0.1) is 5.92 Å². The summed E-state index contributed by atoms with van der Waals surface area (Å²) in [6.07, 6.45) is 8.56. The number of hydrogen-bond donors (Lipinski definition) is 0.